The minimum absolute atomic E-state index is 0.0848. The van der Waals surface area contributed by atoms with Gasteiger partial charge in [0.25, 0.3) is 0 Å². The molecule has 2 rings (SSSR count). The third kappa shape index (κ3) is 4.52. The molecule has 124 valence electrons. The van der Waals surface area contributed by atoms with E-state index < -0.39 is 0 Å². The molecule has 1 aromatic carbocycles. The van der Waals surface area contributed by atoms with Crippen LogP contribution in [-0.4, -0.2) is 46.2 Å². The summed E-state index contributed by atoms with van der Waals surface area (Å²) >= 11 is 1.32. The highest BCUT2D eigenvalue weighted by atomic mass is 32.2. The van der Waals surface area contributed by atoms with Crippen molar-refractivity contribution in [1.29, 1.82) is 0 Å². The average Bonchev–Trinajstić information content (AvgIpc) is 2.89. The van der Waals surface area contributed by atoms with Crippen LogP contribution in [0.5, 0.6) is 0 Å². The molecule has 1 heterocycles. The first-order valence-corrected chi connectivity index (χ1v) is 7.99. The molecule has 6 nitrogen and oxygen atoms in total. The Morgan fingerprint density at radius 1 is 1.39 bits per heavy atom. The van der Waals surface area contributed by atoms with Crippen molar-refractivity contribution in [2.75, 3.05) is 20.3 Å². The van der Waals surface area contributed by atoms with Gasteiger partial charge in [-0.25, -0.2) is 4.39 Å². The van der Waals surface area contributed by atoms with Crippen LogP contribution >= 0.6 is 11.8 Å². The zero-order chi connectivity index (χ0) is 16.8. The van der Waals surface area contributed by atoms with Gasteiger partial charge < -0.3 is 14.6 Å². The Morgan fingerprint density at radius 3 is 2.74 bits per heavy atom. The molecule has 0 saturated heterocycles. The number of amides is 1. The van der Waals surface area contributed by atoms with Crippen LogP contribution in [0.3, 0.4) is 0 Å². The monoisotopic (exact) mass is 338 g/mol. The zero-order valence-electron chi connectivity index (χ0n) is 13.2. The molecule has 0 aliphatic carbocycles. The smallest absolute Gasteiger partial charge is 0.233 e. The minimum atomic E-state index is -0.309. The van der Waals surface area contributed by atoms with Gasteiger partial charge in [-0.2, -0.15) is 0 Å². The molecule has 1 aromatic heterocycles. The van der Waals surface area contributed by atoms with Crippen LogP contribution < -0.4 is 5.32 Å². The fourth-order valence-corrected chi connectivity index (χ4v) is 2.74. The third-order valence-corrected chi connectivity index (χ3v) is 4.33. The average molecular weight is 338 g/mol. The summed E-state index contributed by atoms with van der Waals surface area (Å²) in [6, 6.07) is 6.05. The Morgan fingerprint density at radius 2 is 2.09 bits per heavy atom. The molecule has 0 saturated carbocycles. The van der Waals surface area contributed by atoms with Gasteiger partial charge in [0, 0.05) is 26.3 Å². The summed E-state index contributed by atoms with van der Waals surface area (Å²) in [7, 11) is 3.40. The summed E-state index contributed by atoms with van der Waals surface area (Å²) in [5.74, 6) is 0.241. The largest absolute Gasteiger partial charge is 0.383 e. The van der Waals surface area contributed by atoms with E-state index in [4.69, 9.17) is 4.74 Å². The van der Waals surface area contributed by atoms with E-state index >= 15 is 0 Å². The Kier molecular flexibility index (Phi) is 6.12. The molecule has 1 N–H and O–H groups in total. The number of aromatic nitrogens is 3. The lowest BCUT2D eigenvalue weighted by Crippen LogP contribution is -2.33. The van der Waals surface area contributed by atoms with Crippen LogP contribution in [0.25, 0.3) is 11.4 Å². The number of hydrogen-bond acceptors (Lipinski definition) is 5. The third-order valence-electron chi connectivity index (χ3n) is 3.19. The molecule has 0 aliphatic heterocycles. The van der Waals surface area contributed by atoms with Crippen LogP contribution in [0.4, 0.5) is 4.39 Å². The quantitative estimate of drug-likeness (QED) is 0.616. The maximum absolute atomic E-state index is 13.0. The van der Waals surface area contributed by atoms with Gasteiger partial charge in [0.2, 0.25) is 5.91 Å². The number of thioether (sulfide) groups is 1. The number of nitrogens with one attached hydrogen (secondary N) is 1. The SMILES string of the molecule is COCCNC(=O)[C@@H](C)Sc1nnc(-c2ccc(F)cc2)n1C. The normalized spacial score (nSPS) is 12.2. The highest BCUT2D eigenvalue weighted by Gasteiger charge is 2.19. The van der Waals surface area contributed by atoms with Gasteiger partial charge in [0.1, 0.15) is 5.82 Å². The van der Waals surface area contributed by atoms with Crippen molar-refractivity contribution in [2.24, 2.45) is 7.05 Å². The van der Waals surface area contributed by atoms with Gasteiger partial charge in [0.15, 0.2) is 11.0 Å². The molecular formula is C15H19FN4O2S. The zero-order valence-corrected chi connectivity index (χ0v) is 14.1. The van der Waals surface area contributed by atoms with Gasteiger partial charge in [-0.3, -0.25) is 4.79 Å². The lowest BCUT2D eigenvalue weighted by atomic mass is 10.2. The number of ether oxygens (including phenoxy) is 1. The lowest BCUT2D eigenvalue weighted by Gasteiger charge is -2.11. The minimum Gasteiger partial charge on any atom is -0.383 e. The molecule has 1 amide bonds. The van der Waals surface area contributed by atoms with E-state index in [1.807, 2.05) is 7.05 Å². The number of carbonyl (C=O) groups is 1. The molecular weight excluding hydrogens is 319 g/mol. The van der Waals surface area contributed by atoms with Crippen molar-refractivity contribution in [3.05, 3.63) is 30.1 Å². The summed E-state index contributed by atoms with van der Waals surface area (Å²) in [6.07, 6.45) is 0. The number of halogens is 1. The number of carbonyl (C=O) groups excluding carboxylic acids is 1. The molecule has 23 heavy (non-hydrogen) atoms. The molecule has 0 radical (unpaired) electrons. The Labute approximate surface area is 138 Å². The van der Waals surface area contributed by atoms with E-state index in [1.165, 1.54) is 23.9 Å². The van der Waals surface area contributed by atoms with E-state index in [-0.39, 0.29) is 17.0 Å². The second-order valence-electron chi connectivity index (χ2n) is 4.92. The number of methoxy groups -OCH3 is 1. The van der Waals surface area contributed by atoms with Crippen molar-refractivity contribution in [1.82, 2.24) is 20.1 Å². The fraction of sp³-hybridized carbons (Fsp3) is 0.400. The summed E-state index contributed by atoms with van der Waals surface area (Å²) in [6.45, 7) is 2.75. The highest BCUT2D eigenvalue weighted by Crippen LogP contribution is 2.25. The number of nitrogens with zero attached hydrogens (tertiary/aromatic N) is 3. The van der Waals surface area contributed by atoms with Crippen molar-refractivity contribution < 1.29 is 13.9 Å². The standard InChI is InChI=1S/C15H19FN4O2S/c1-10(14(21)17-8-9-22-3)23-15-19-18-13(20(15)2)11-4-6-12(16)7-5-11/h4-7,10H,8-9H2,1-3H3,(H,17,21)/t10-/m1/s1. The molecule has 8 heteroatoms. The molecule has 0 unspecified atom stereocenters. The van der Waals surface area contributed by atoms with E-state index in [1.54, 1.807) is 30.7 Å². The molecule has 1 atom stereocenters. The first-order chi connectivity index (χ1) is 11.0. The van der Waals surface area contributed by atoms with Gasteiger partial charge >= 0.3 is 0 Å². The fourth-order valence-electron chi connectivity index (χ4n) is 1.90. The van der Waals surface area contributed by atoms with Crippen molar-refractivity contribution in [3.8, 4) is 11.4 Å². The van der Waals surface area contributed by atoms with Gasteiger partial charge in [0.05, 0.1) is 11.9 Å². The van der Waals surface area contributed by atoms with Crippen LogP contribution in [0.15, 0.2) is 29.4 Å². The highest BCUT2D eigenvalue weighted by molar-refractivity contribution is 8.00. The molecule has 0 fully saturated rings. The number of rotatable bonds is 7. The second-order valence-corrected chi connectivity index (χ2v) is 6.22. The Hall–Kier alpha value is -1.93. The van der Waals surface area contributed by atoms with Crippen LogP contribution in [-0.2, 0) is 16.6 Å². The molecule has 2 aromatic rings. The lowest BCUT2D eigenvalue weighted by molar-refractivity contribution is -0.120. The van der Waals surface area contributed by atoms with Gasteiger partial charge in [-0.1, -0.05) is 11.8 Å². The van der Waals surface area contributed by atoms with Crippen LogP contribution in [0.1, 0.15) is 6.92 Å². The van der Waals surface area contributed by atoms with Crippen LogP contribution in [0.2, 0.25) is 0 Å². The maximum atomic E-state index is 13.0. The molecule has 0 spiro atoms. The summed E-state index contributed by atoms with van der Waals surface area (Å²) in [4.78, 5) is 12.0. The van der Waals surface area contributed by atoms with E-state index in [0.29, 0.717) is 24.1 Å². The first-order valence-electron chi connectivity index (χ1n) is 7.11. The number of benzene rings is 1. The first kappa shape index (κ1) is 17.4. The summed E-state index contributed by atoms with van der Waals surface area (Å²) < 4.78 is 19.7. The maximum Gasteiger partial charge on any atom is 0.233 e. The topological polar surface area (TPSA) is 69.0 Å². The summed E-state index contributed by atoms with van der Waals surface area (Å²) in [5.41, 5.74) is 0.769. The summed E-state index contributed by atoms with van der Waals surface area (Å²) in [5, 5.41) is 11.3. The van der Waals surface area contributed by atoms with E-state index in [9.17, 15) is 9.18 Å². The van der Waals surface area contributed by atoms with Crippen molar-refractivity contribution >= 4 is 17.7 Å². The Balaban J connectivity index is 2.04. The van der Waals surface area contributed by atoms with Gasteiger partial charge in [-0.05, 0) is 31.2 Å². The van der Waals surface area contributed by atoms with Gasteiger partial charge in [-0.15, -0.1) is 10.2 Å². The second kappa shape index (κ2) is 8.07. The predicted octanol–water partition coefficient (Wildman–Crippen LogP) is 1.86. The molecule has 0 aliphatic rings. The molecule has 0 bridgehead atoms. The van der Waals surface area contributed by atoms with Crippen molar-refractivity contribution in [2.45, 2.75) is 17.3 Å². The number of hydrogen-bond donors (Lipinski definition) is 1. The predicted molar refractivity (Wildman–Crippen MR) is 86.6 cm³/mol. The van der Waals surface area contributed by atoms with Crippen LogP contribution in [0, 0.1) is 5.82 Å². The van der Waals surface area contributed by atoms with E-state index in [0.717, 1.165) is 5.56 Å². The van der Waals surface area contributed by atoms with E-state index in [2.05, 4.69) is 15.5 Å². The van der Waals surface area contributed by atoms with Crippen molar-refractivity contribution in [3.63, 3.8) is 0 Å². The Bertz CT molecular complexity index is 660.